The Hall–Kier alpha value is -2.93. The molecule has 0 N–H and O–H groups in total. The molecule has 0 radical (unpaired) electrons. The van der Waals surface area contributed by atoms with Crippen molar-refractivity contribution < 1.29 is 14.3 Å². The fourth-order valence-electron chi connectivity index (χ4n) is 6.93. The predicted molar refractivity (Wildman–Crippen MR) is 157 cm³/mol. The van der Waals surface area contributed by atoms with Crippen molar-refractivity contribution in [2.45, 2.75) is 71.3 Å². The largest absolute Gasteiger partial charge is 0.492 e. The van der Waals surface area contributed by atoms with Gasteiger partial charge in [-0.05, 0) is 85.6 Å². The van der Waals surface area contributed by atoms with Crippen LogP contribution in [0.25, 0.3) is 0 Å². The van der Waals surface area contributed by atoms with Crippen LogP contribution in [0.2, 0.25) is 0 Å². The first-order valence-electron chi connectivity index (χ1n) is 15.3. The van der Waals surface area contributed by atoms with E-state index in [1.54, 1.807) is 6.92 Å². The van der Waals surface area contributed by atoms with E-state index < -0.39 is 0 Å². The first-order chi connectivity index (χ1) is 19.5. The maximum Gasteiger partial charge on any atom is 0.222 e. The molecular formula is C33H46N4O3. The summed E-state index contributed by atoms with van der Waals surface area (Å²) in [4.78, 5) is 35.8. The number of carbonyl (C=O) groups is 2. The number of fused-ring (bicyclic) bond motifs is 1. The highest BCUT2D eigenvalue weighted by Crippen LogP contribution is 2.39. The summed E-state index contributed by atoms with van der Waals surface area (Å²) in [5.74, 6) is 1.89. The number of likely N-dealkylation sites (tertiary alicyclic amines) is 2. The molecule has 0 saturated carbocycles. The van der Waals surface area contributed by atoms with E-state index in [0.29, 0.717) is 24.9 Å². The Bertz CT molecular complexity index is 1110. The number of carbonyl (C=O) groups excluding carboxylic acids is 2. The van der Waals surface area contributed by atoms with Crippen molar-refractivity contribution >= 4 is 11.8 Å². The monoisotopic (exact) mass is 546 g/mol. The van der Waals surface area contributed by atoms with E-state index in [0.717, 1.165) is 90.1 Å². The zero-order chi connectivity index (χ0) is 27.8. The summed E-state index contributed by atoms with van der Waals surface area (Å²) in [6.07, 6.45) is 13.0. The van der Waals surface area contributed by atoms with E-state index in [4.69, 9.17) is 4.74 Å². The number of pyridine rings is 1. The van der Waals surface area contributed by atoms with E-state index in [2.05, 4.69) is 51.2 Å². The summed E-state index contributed by atoms with van der Waals surface area (Å²) in [5, 5.41) is 0. The Morgan fingerprint density at radius 1 is 0.925 bits per heavy atom. The number of piperidine rings is 2. The quantitative estimate of drug-likeness (QED) is 0.543. The molecule has 1 aromatic carbocycles. The molecule has 0 aliphatic carbocycles. The van der Waals surface area contributed by atoms with Crippen LogP contribution >= 0.6 is 0 Å². The van der Waals surface area contributed by atoms with Crippen molar-refractivity contribution in [1.82, 2.24) is 19.7 Å². The first kappa shape index (κ1) is 28.6. The number of aryl methyl sites for hydroxylation is 1. The van der Waals surface area contributed by atoms with E-state index in [1.165, 1.54) is 24.0 Å². The fraction of sp³-hybridized carbons (Fsp3) is 0.606. The van der Waals surface area contributed by atoms with Gasteiger partial charge in [-0.15, -0.1) is 0 Å². The van der Waals surface area contributed by atoms with Crippen molar-refractivity contribution in [2.24, 2.45) is 11.3 Å². The molecule has 40 heavy (non-hydrogen) atoms. The van der Waals surface area contributed by atoms with Gasteiger partial charge in [0.2, 0.25) is 11.8 Å². The molecule has 1 spiro atoms. The lowest BCUT2D eigenvalue weighted by Crippen LogP contribution is -2.49. The molecule has 0 bridgehead atoms. The molecule has 3 aliphatic rings. The maximum atomic E-state index is 13.3. The molecule has 7 nitrogen and oxygen atoms in total. The molecule has 7 heteroatoms. The molecule has 216 valence electrons. The summed E-state index contributed by atoms with van der Waals surface area (Å²) in [7, 11) is 0. The van der Waals surface area contributed by atoms with Crippen LogP contribution in [0.1, 0.15) is 69.4 Å². The van der Waals surface area contributed by atoms with Crippen molar-refractivity contribution in [3.8, 4) is 5.75 Å². The van der Waals surface area contributed by atoms with Crippen molar-refractivity contribution in [3.05, 3.63) is 59.9 Å². The fourth-order valence-corrected chi connectivity index (χ4v) is 6.93. The SMILES string of the molecule is CC(=O)N1CCC(CC(=O)N2CCC3(CCCCc4ccccc4OCCN(Cc4ccncc4)C3)CC2)CC1. The Balaban J connectivity index is 1.23. The smallest absolute Gasteiger partial charge is 0.222 e. The van der Waals surface area contributed by atoms with Gasteiger partial charge in [-0.2, -0.15) is 0 Å². The molecule has 2 saturated heterocycles. The molecule has 0 unspecified atom stereocenters. The van der Waals surface area contributed by atoms with Gasteiger partial charge < -0.3 is 14.5 Å². The Kier molecular flexibility index (Phi) is 9.74. The van der Waals surface area contributed by atoms with Gasteiger partial charge in [-0.3, -0.25) is 19.5 Å². The lowest BCUT2D eigenvalue weighted by molar-refractivity contribution is -0.135. The van der Waals surface area contributed by atoms with Gasteiger partial charge in [0.05, 0.1) is 0 Å². The van der Waals surface area contributed by atoms with Crippen LogP contribution < -0.4 is 4.74 Å². The van der Waals surface area contributed by atoms with Crippen LogP contribution in [0.15, 0.2) is 48.8 Å². The number of benzene rings is 1. The number of ether oxygens (including phenoxy) is 1. The minimum absolute atomic E-state index is 0.150. The van der Waals surface area contributed by atoms with Crippen LogP contribution in [0, 0.1) is 11.3 Å². The minimum Gasteiger partial charge on any atom is -0.492 e. The molecule has 0 atom stereocenters. The van der Waals surface area contributed by atoms with Crippen LogP contribution in [0.5, 0.6) is 5.75 Å². The number of aromatic nitrogens is 1. The third-order valence-electron chi connectivity index (χ3n) is 9.46. The van der Waals surface area contributed by atoms with Crippen LogP contribution in [0.4, 0.5) is 0 Å². The van der Waals surface area contributed by atoms with Gasteiger partial charge in [-0.1, -0.05) is 24.6 Å². The van der Waals surface area contributed by atoms with Crippen molar-refractivity contribution in [1.29, 1.82) is 0 Å². The lowest BCUT2D eigenvalue weighted by atomic mass is 9.73. The van der Waals surface area contributed by atoms with Crippen LogP contribution in [-0.4, -0.2) is 77.4 Å². The summed E-state index contributed by atoms with van der Waals surface area (Å²) in [6, 6.07) is 12.7. The highest BCUT2D eigenvalue weighted by Gasteiger charge is 2.37. The minimum atomic E-state index is 0.150. The number of amides is 2. The number of rotatable bonds is 4. The molecule has 1 aromatic heterocycles. The predicted octanol–water partition coefficient (Wildman–Crippen LogP) is 4.95. The third kappa shape index (κ3) is 7.62. The zero-order valence-corrected chi connectivity index (χ0v) is 24.2. The topological polar surface area (TPSA) is 66.0 Å². The van der Waals surface area contributed by atoms with E-state index in [9.17, 15) is 9.59 Å². The van der Waals surface area contributed by atoms with Gasteiger partial charge in [0.1, 0.15) is 12.4 Å². The third-order valence-corrected chi connectivity index (χ3v) is 9.46. The Morgan fingerprint density at radius 2 is 1.68 bits per heavy atom. The van der Waals surface area contributed by atoms with Crippen LogP contribution in [0.3, 0.4) is 0 Å². The summed E-state index contributed by atoms with van der Waals surface area (Å²) in [5.41, 5.74) is 2.81. The van der Waals surface area contributed by atoms with Crippen molar-refractivity contribution in [2.75, 3.05) is 45.9 Å². The second-order valence-corrected chi connectivity index (χ2v) is 12.3. The normalized spacial score (nSPS) is 21.1. The lowest BCUT2D eigenvalue weighted by Gasteiger charge is -2.45. The first-order valence-corrected chi connectivity index (χ1v) is 15.3. The maximum absolute atomic E-state index is 13.3. The van der Waals surface area contributed by atoms with Crippen molar-refractivity contribution in [3.63, 3.8) is 0 Å². The van der Waals surface area contributed by atoms with E-state index in [-0.39, 0.29) is 11.3 Å². The van der Waals surface area contributed by atoms with Crippen LogP contribution in [-0.2, 0) is 22.6 Å². The van der Waals surface area contributed by atoms with Gasteiger partial charge in [0.15, 0.2) is 0 Å². The number of nitrogens with zero attached hydrogens (tertiary/aromatic N) is 4. The second kappa shape index (κ2) is 13.6. The number of hydrogen-bond donors (Lipinski definition) is 0. The highest BCUT2D eigenvalue weighted by atomic mass is 16.5. The average molecular weight is 547 g/mol. The molecule has 4 heterocycles. The molecule has 3 aliphatic heterocycles. The summed E-state index contributed by atoms with van der Waals surface area (Å²) < 4.78 is 6.32. The van der Waals surface area contributed by atoms with Gasteiger partial charge in [0, 0.05) is 71.6 Å². The van der Waals surface area contributed by atoms with E-state index >= 15 is 0 Å². The summed E-state index contributed by atoms with van der Waals surface area (Å²) >= 11 is 0. The molecule has 5 rings (SSSR count). The zero-order valence-electron chi connectivity index (χ0n) is 24.2. The Morgan fingerprint density at radius 3 is 2.42 bits per heavy atom. The summed E-state index contributed by atoms with van der Waals surface area (Å²) in [6.45, 7) is 8.40. The number of para-hydroxylation sites is 1. The van der Waals surface area contributed by atoms with Gasteiger partial charge in [0.25, 0.3) is 0 Å². The second-order valence-electron chi connectivity index (χ2n) is 12.3. The van der Waals surface area contributed by atoms with Gasteiger partial charge in [-0.25, -0.2) is 0 Å². The molecule has 2 fully saturated rings. The number of hydrogen-bond acceptors (Lipinski definition) is 5. The molecular weight excluding hydrogens is 500 g/mol. The Labute approximate surface area is 239 Å². The molecule has 2 amide bonds. The van der Waals surface area contributed by atoms with Gasteiger partial charge >= 0.3 is 0 Å². The standard InChI is InChI=1S/C33H46N4O3/c1-27(38)36-18-11-28(12-19-36)24-32(39)37-20-14-33(15-21-37)13-5-4-7-30-6-2-3-8-31(30)40-23-22-35(26-33)25-29-9-16-34-17-10-29/h2-3,6,8-10,16-17,28H,4-5,7,11-15,18-26H2,1H3. The highest BCUT2D eigenvalue weighted by molar-refractivity contribution is 5.77. The molecule has 2 aromatic rings. The average Bonchev–Trinajstić information content (AvgIpc) is 2.96. The van der Waals surface area contributed by atoms with E-state index in [1.807, 2.05) is 17.3 Å².